The summed E-state index contributed by atoms with van der Waals surface area (Å²) < 4.78 is 13.7. The number of anilines is 1. The van der Waals surface area contributed by atoms with Gasteiger partial charge in [0.1, 0.15) is 17.3 Å². The average Bonchev–Trinajstić information content (AvgIpc) is 2.37. The summed E-state index contributed by atoms with van der Waals surface area (Å²) in [6, 6.07) is 8.78. The van der Waals surface area contributed by atoms with Crippen LogP contribution in [0.1, 0.15) is 24.1 Å². The molecule has 100 valence electrons. The maximum absolute atomic E-state index is 13.7. The van der Waals surface area contributed by atoms with E-state index in [0.29, 0.717) is 11.3 Å². The van der Waals surface area contributed by atoms with Gasteiger partial charge in [-0.05, 0) is 43.7 Å². The van der Waals surface area contributed by atoms with Gasteiger partial charge in [-0.3, -0.25) is 0 Å². The fraction of sp³-hybridized carbons (Fsp3) is 0.200. The number of halogens is 1. The number of hydrogen-bond acceptors (Lipinski definition) is 3. The Morgan fingerprint density at radius 3 is 2.58 bits per heavy atom. The highest BCUT2D eigenvalue weighted by Gasteiger charge is 2.14. The summed E-state index contributed by atoms with van der Waals surface area (Å²) in [6.45, 7) is 3.60. The Kier molecular flexibility index (Phi) is 3.60. The minimum Gasteiger partial charge on any atom is -0.508 e. The number of phenols is 2. The Balaban J connectivity index is 2.31. The fourth-order valence-corrected chi connectivity index (χ4v) is 2.00. The lowest BCUT2D eigenvalue weighted by atomic mass is 10.1. The Bertz CT molecular complexity index is 578. The van der Waals surface area contributed by atoms with Gasteiger partial charge < -0.3 is 15.5 Å². The monoisotopic (exact) mass is 261 g/mol. The molecule has 19 heavy (non-hydrogen) atoms. The summed E-state index contributed by atoms with van der Waals surface area (Å²) >= 11 is 0. The second-order valence-electron chi connectivity index (χ2n) is 4.54. The van der Waals surface area contributed by atoms with Crippen molar-refractivity contribution in [2.45, 2.75) is 19.9 Å². The van der Waals surface area contributed by atoms with Crippen LogP contribution in [-0.4, -0.2) is 10.2 Å². The van der Waals surface area contributed by atoms with Crippen LogP contribution in [0.4, 0.5) is 10.1 Å². The molecule has 0 heterocycles. The average molecular weight is 261 g/mol. The largest absolute Gasteiger partial charge is 0.508 e. The highest BCUT2D eigenvalue weighted by Crippen LogP contribution is 2.31. The molecule has 2 aromatic rings. The second-order valence-corrected chi connectivity index (χ2v) is 4.54. The molecule has 0 bridgehead atoms. The van der Waals surface area contributed by atoms with Crippen molar-refractivity contribution in [1.29, 1.82) is 0 Å². The predicted octanol–water partition coefficient (Wildman–Crippen LogP) is 3.72. The van der Waals surface area contributed by atoms with E-state index < -0.39 is 0 Å². The van der Waals surface area contributed by atoms with Gasteiger partial charge >= 0.3 is 0 Å². The Hall–Kier alpha value is -2.23. The van der Waals surface area contributed by atoms with Gasteiger partial charge in [-0.2, -0.15) is 0 Å². The van der Waals surface area contributed by atoms with Gasteiger partial charge in [0, 0.05) is 5.56 Å². The van der Waals surface area contributed by atoms with Crippen LogP contribution in [0, 0.1) is 12.7 Å². The van der Waals surface area contributed by atoms with Crippen molar-refractivity contribution in [2.75, 3.05) is 5.32 Å². The number of nitrogens with one attached hydrogen (secondary N) is 1. The van der Waals surface area contributed by atoms with Crippen molar-refractivity contribution in [3.05, 3.63) is 53.3 Å². The first kappa shape index (κ1) is 13.2. The van der Waals surface area contributed by atoms with Crippen LogP contribution in [0.2, 0.25) is 0 Å². The SMILES string of the molecule is Cc1cccc(F)c1NC(C)c1cc(O)ccc1O. The number of benzene rings is 2. The number of aryl methyl sites for hydroxylation is 1. The first-order valence-electron chi connectivity index (χ1n) is 6.02. The van der Waals surface area contributed by atoms with Crippen molar-refractivity contribution in [2.24, 2.45) is 0 Å². The zero-order chi connectivity index (χ0) is 14.0. The summed E-state index contributed by atoms with van der Waals surface area (Å²) in [4.78, 5) is 0. The van der Waals surface area contributed by atoms with Crippen LogP contribution in [0.25, 0.3) is 0 Å². The van der Waals surface area contributed by atoms with Crippen molar-refractivity contribution >= 4 is 5.69 Å². The van der Waals surface area contributed by atoms with Gasteiger partial charge in [-0.25, -0.2) is 4.39 Å². The molecule has 3 N–H and O–H groups in total. The minimum atomic E-state index is -0.341. The maximum Gasteiger partial charge on any atom is 0.146 e. The molecule has 3 nitrogen and oxygen atoms in total. The third-order valence-corrected chi connectivity index (χ3v) is 3.06. The molecular formula is C15H16FNO2. The molecule has 2 aromatic carbocycles. The topological polar surface area (TPSA) is 52.5 Å². The Morgan fingerprint density at radius 2 is 1.89 bits per heavy atom. The first-order valence-corrected chi connectivity index (χ1v) is 6.02. The molecule has 0 spiro atoms. The van der Waals surface area contributed by atoms with E-state index >= 15 is 0 Å². The van der Waals surface area contributed by atoms with E-state index in [2.05, 4.69) is 5.32 Å². The van der Waals surface area contributed by atoms with Gasteiger partial charge in [0.2, 0.25) is 0 Å². The van der Waals surface area contributed by atoms with Gasteiger partial charge in [0.05, 0.1) is 11.7 Å². The number of hydrogen-bond donors (Lipinski definition) is 3. The zero-order valence-electron chi connectivity index (χ0n) is 10.8. The summed E-state index contributed by atoms with van der Waals surface area (Å²) in [6.07, 6.45) is 0. The third kappa shape index (κ3) is 2.78. The standard InChI is InChI=1S/C15H16FNO2/c1-9-4-3-5-13(16)15(9)17-10(2)12-8-11(18)6-7-14(12)19/h3-8,10,17-19H,1-2H3. The van der Waals surface area contributed by atoms with Crippen molar-refractivity contribution < 1.29 is 14.6 Å². The fourth-order valence-electron chi connectivity index (χ4n) is 2.00. The summed E-state index contributed by atoms with van der Waals surface area (Å²) in [5, 5.41) is 22.2. The lowest BCUT2D eigenvalue weighted by Crippen LogP contribution is -2.09. The first-order chi connectivity index (χ1) is 8.99. The van der Waals surface area contributed by atoms with Crippen LogP contribution in [0.5, 0.6) is 11.5 Å². The van der Waals surface area contributed by atoms with Crippen molar-refractivity contribution in [3.63, 3.8) is 0 Å². The molecular weight excluding hydrogens is 245 g/mol. The van der Waals surface area contributed by atoms with Crippen molar-refractivity contribution in [1.82, 2.24) is 0 Å². The number of para-hydroxylation sites is 1. The number of rotatable bonds is 3. The molecule has 0 radical (unpaired) electrons. The smallest absolute Gasteiger partial charge is 0.146 e. The van der Waals surface area contributed by atoms with Crippen molar-refractivity contribution in [3.8, 4) is 11.5 Å². The molecule has 0 aliphatic carbocycles. The molecule has 0 aliphatic rings. The summed E-state index contributed by atoms with van der Waals surface area (Å²) in [5.41, 5.74) is 1.70. The Labute approximate surface area is 111 Å². The van der Waals surface area contributed by atoms with Gasteiger partial charge in [-0.15, -0.1) is 0 Å². The molecule has 0 aromatic heterocycles. The predicted molar refractivity (Wildman–Crippen MR) is 72.9 cm³/mol. The molecule has 0 saturated carbocycles. The van der Waals surface area contributed by atoms with E-state index in [4.69, 9.17) is 0 Å². The number of phenolic OH excluding ortho intramolecular Hbond substituents is 2. The quantitative estimate of drug-likeness (QED) is 0.738. The Morgan fingerprint density at radius 1 is 1.16 bits per heavy atom. The van der Waals surface area contributed by atoms with Gasteiger partial charge in [-0.1, -0.05) is 12.1 Å². The molecule has 0 saturated heterocycles. The third-order valence-electron chi connectivity index (χ3n) is 3.06. The van der Waals surface area contributed by atoms with E-state index in [0.717, 1.165) is 5.56 Å². The van der Waals surface area contributed by atoms with Gasteiger partial charge in [0.15, 0.2) is 0 Å². The normalized spacial score (nSPS) is 12.2. The van der Waals surface area contributed by atoms with Crippen LogP contribution < -0.4 is 5.32 Å². The molecule has 2 rings (SSSR count). The van der Waals surface area contributed by atoms with Crippen LogP contribution >= 0.6 is 0 Å². The summed E-state index contributed by atoms with van der Waals surface area (Å²) in [5.74, 6) is -0.218. The molecule has 0 aliphatic heterocycles. The lowest BCUT2D eigenvalue weighted by molar-refractivity contribution is 0.451. The molecule has 0 amide bonds. The zero-order valence-corrected chi connectivity index (χ0v) is 10.8. The highest BCUT2D eigenvalue weighted by atomic mass is 19.1. The van der Waals surface area contributed by atoms with Gasteiger partial charge in [0.25, 0.3) is 0 Å². The molecule has 1 unspecified atom stereocenters. The van der Waals surface area contributed by atoms with E-state index in [1.54, 1.807) is 26.0 Å². The second kappa shape index (κ2) is 5.18. The van der Waals surface area contributed by atoms with E-state index in [-0.39, 0.29) is 23.4 Å². The van der Waals surface area contributed by atoms with Crippen LogP contribution in [-0.2, 0) is 0 Å². The van der Waals surface area contributed by atoms with Crippen LogP contribution in [0.15, 0.2) is 36.4 Å². The molecule has 0 fully saturated rings. The highest BCUT2D eigenvalue weighted by molar-refractivity contribution is 5.54. The van der Waals surface area contributed by atoms with E-state index in [1.807, 2.05) is 0 Å². The molecule has 1 atom stereocenters. The van der Waals surface area contributed by atoms with E-state index in [1.165, 1.54) is 24.3 Å². The molecule has 4 heteroatoms. The van der Waals surface area contributed by atoms with Crippen LogP contribution in [0.3, 0.4) is 0 Å². The minimum absolute atomic E-state index is 0.0618. The maximum atomic E-state index is 13.7. The summed E-state index contributed by atoms with van der Waals surface area (Å²) in [7, 11) is 0. The number of aromatic hydroxyl groups is 2. The lowest BCUT2D eigenvalue weighted by Gasteiger charge is -2.19. The van der Waals surface area contributed by atoms with E-state index in [9.17, 15) is 14.6 Å².